The topological polar surface area (TPSA) is 18.5 Å². The molecule has 1 aliphatic heterocycles. The van der Waals surface area contributed by atoms with Gasteiger partial charge in [0.05, 0.1) is 19.3 Å². The summed E-state index contributed by atoms with van der Waals surface area (Å²) in [5.41, 5.74) is 2.28. The summed E-state index contributed by atoms with van der Waals surface area (Å²) >= 11 is 0. The van der Waals surface area contributed by atoms with Gasteiger partial charge in [0, 0.05) is 5.56 Å². The van der Waals surface area contributed by atoms with Crippen molar-refractivity contribution < 1.29 is 18.3 Å². The van der Waals surface area contributed by atoms with Crippen LogP contribution in [0.5, 0.6) is 5.75 Å². The van der Waals surface area contributed by atoms with Crippen LogP contribution in [-0.2, 0) is 4.74 Å². The van der Waals surface area contributed by atoms with Crippen molar-refractivity contribution >= 4 is 0 Å². The van der Waals surface area contributed by atoms with Crippen molar-refractivity contribution in [1.82, 2.24) is 0 Å². The molecule has 2 saturated carbocycles. The summed E-state index contributed by atoms with van der Waals surface area (Å²) in [6.45, 7) is 6.91. The predicted octanol–water partition coefficient (Wildman–Crippen LogP) is 9.87. The first-order chi connectivity index (χ1) is 19.1. The Bertz CT molecular complexity index is 1060. The van der Waals surface area contributed by atoms with Crippen molar-refractivity contribution in [3.8, 4) is 16.9 Å². The quantitative estimate of drug-likeness (QED) is 0.297. The monoisotopic (exact) mass is 536 g/mol. The maximum absolute atomic E-state index is 14.7. The first kappa shape index (κ1) is 28.3. The van der Waals surface area contributed by atoms with E-state index in [2.05, 4.69) is 24.8 Å². The molecule has 0 bridgehead atoms. The molecule has 1 heterocycles. The van der Waals surface area contributed by atoms with Gasteiger partial charge >= 0.3 is 0 Å². The number of hydrogen-bond acceptors (Lipinski definition) is 2. The second-order valence-electron chi connectivity index (χ2n) is 12.3. The summed E-state index contributed by atoms with van der Waals surface area (Å²) in [6, 6.07) is 11.2. The third-order valence-corrected chi connectivity index (χ3v) is 10.0. The highest BCUT2D eigenvalue weighted by Gasteiger charge is 2.35. The van der Waals surface area contributed by atoms with E-state index in [0.717, 1.165) is 24.4 Å². The van der Waals surface area contributed by atoms with E-state index >= 15 is 0 Å². The Kier molecular flexibility index (Phi) is 9.76. The van der Waals surface area contributed by atoms with Crippen LogP contribution in [0.15, 0.2) is 49.1 Å². The van der Waals surface area contributed by atoms with E-state index in [1.165, 1.54) is 88.7 Å². The molecule has 2 aromatic carbocycles. The Morgan fingerprint density at radius 2 is 1.51 bits per heavy atom. The second-order valence-corrected chi connectivity index (χ2v) is 12.3. The highest BCUT2D eigenvalue weighted by molar-refractivity contribution is 5.65. The molecule has 3 fully saturated rings. The van der Waals surface area contributed by atoms with E-state index in [-0.39, 0.29) is 11.3 Å². The molecule has 4 heteroatoms. The van der Waals surface area contributed by atoms with Crippen LogP contribution in [0.4, 0.5) is 8.78 Å². The molecule has 2 unspecified atom stereocenters. The molecule has 0 aromatic heterocycles. The number of ether oxygens (including phenoxy) is 2. The van der Waals surface area contributed by atoms with Gasteiger partial charge in [0.2, 0.25) is 5.82 Å². The lowest BCUT2D eigenvalue weighted by Gasteiger charge is -2.41. The third-order valence-electron chi connectivity index (χ3n) is 10.0. The summed E-state index contributed by atoms with van der Waals surface area (Å²) in [5, 5.41) is 0. The van der Waals surface area contributed by atoms with Crippen LogP contribution >= 0.6 is 0 Å². The normalized spacial score (nSPS) is 29.6. The number of benzene rings is 2. The van der Waals surface area contributed by atoms with Crippen LogP contribution in [0.1, 0.15) is 95.5 Å². The van der Waals surface area contributed by atoms with Gasteiger partial charge in [-0.1, -0.05) is 43.2 Å². The molecular formula is C35H46F2O2. The van der Waals surface area contributed by atoms with Crippen molar-refractivity contribution in [2.75, 3.05) is 13.2 Å². The molecule has 5 rings (SSSR count). The van der Waals surface area contributed by atoms with Gasteiger partial charge in [-0.05, 0) is 124 Å². The van der Waals surface area contributed by atoms with Crippen LogP contribution in [0.3, 0.4) is 0 Å². The fraction of sp³-hybridized carbons (Fsp3) is 0.600. The van der Waals surface area contributed by atoms with Gasteiger partial charge in [-0.25, -0.2) is 4.39 Å². The minimum atomic E-state index is -0.917. The molecule has 39 heavy (non-hydrogen) atoms. The molecule has 2 atom stereocenters. The van der Waals surface area contributed by atoms with E-state index in [0.29, 0.717) is 30.1 Å². The molecule has 212 valence electrons. The lowest BCUT2D eigenvalue weighted by molar-refractivity contribution is -0.0724. The number of allylic oxidation sites excluding steroid dienone is 1. The van der Waals surface area contributed by atoms with E-state index in [1.807, 2.05) is 12.1 Å². The highest BCUT2D eigenvalue weighted by Crippen LogP contribution is 2.43. The fourth-order valence-corrected chi connectivity index (χ4v) is 7.62. The highest BCUT2D eigenvalue weighted by atomic mass is 19.2. The van der Waals surface area contributed by atoms with Crippen LogP contribution < -0.4 is 4.74 Å². The molecule has 2 aliphatic carbocycles. The number of halogens is 2. The minimum Gasteiger partial charge on any atom is -0.491 e. The molecule has 0 spiro atoms. The van der Waals surface area contributed by atoms with Gasteiger partial charge in [0.15, 0.2) is 11.6 Å². The zero-order valence-electron chi connectivity index (χ0n) is 23.7. The van der Waals surface area contributed by atoms with Gasteiger partial charge < -0.3 is 9.47 Å². The maximum atomic E-state index is 14.7. The zero-order chi connectivity index (χ0) is 27.2. The van der Waals surface area contributed by atoms with Crippen LogP contribution in [0.25, 0.3) is 11.1 Å². The molecular weight excluding hydrogens is 490 g/mol. The van der Waals surface area contributed by atoms with Crippen molar-refractivity contribution in [3.05, 3.63) is 66.3 Å². The smallest absolute Gasteiger partial charge is 0.201 e. The van der Waals surface area contributed by atoms with Crippen molar-refractivity contribution in [3.63, 3.8) is 0 Å². The Labute approximate surface area is 234 Å². The second kappa shape index (κ2) is 13.4. The van der Waals surface area contributed by atoms with E-state index in [4.69, 9.17) is 9.47 Å². The predicted molar refractivity (Wildman–Crippen MR) is 155 cm³/mol. The summed E-state index contributed by atoms with van der Waals surface area (Å²) in [4.78, 5) is 0. The number of hydrogen-bond donors (Lipinski definition) is 0. The van der Waals surface area contributed by atoms with Crippen molar-refractivity contribution in [1.29, 1.82) is 0 Å². The molecule has 0 amide bonds. The van der Waals surface area contributed by atoms with E-state index in [9.17, 15) is 8.78 Å². The molecule has 3 aliphatic rings. The van der Waals surface area contributed by atoms with Crippen LogP contribution in [-0.4, -0.2) is 19.3 Å². The zero-order valence-corrected chi connectivity index (χ0v) is 23.7. The first-order valence-corrected chi connectivity index (χ1v) is 15.5. The van der Waals surface area contributed by atoms with Crippen molar-refractivity contribution in [2.24, 2.45) is 23.7 Å². The summed E-state index contributed by atoms with van der Waals surface area (Å²) < 4.78 is 40.7. The van der Waals surface area contributed by atoms with Crippen LogP contribution in [0.2, 0.25) is 0 Å². The average molecular weight is 537 g/mol. The molecule has 1 saturated heterocycles. The molecule has 0 N–H and O–H groups in total. The Hall–Kier alpha value is -2.20. The van der Waals surface area contributed by atoms with Gasteiger partial charge in [-0.2, -0.15) is 4.39 Å². The van der Waals surface area contributed by atoms with Gasteiger partial charge in [0.25, 0.3) is 0 Å². The Morgan fingerprint density at radius 1 is 0.821 bits per heavy atom. The average Bonchev–Trinajstić information content (AvgIpc) is 2.99. The minimum absolute atomic E-state index is 0.0355. The lowest BCUT2D eigenvalue weighted by Crippen LogP contribution is -2.37. The molecule has 2 aromatic rings. The van der Waals surface area contributed by atoms with Crippen molar-refractivity contribution in [2.45, 2.75) is 96.0 Å². The summed E-state index contributed by atoms with van der Waals surface area (Å²) in [7, 11) is 0. The van der Waals surface area contributed by atoms with Gasteiger partial charge in [-0.3, -0.25) is 0 Å². The van der Waals surface area contributed by atoms with E-state index in [1.54, 1.807) is 13.0 Å². The van der Waals surface area contributed by atoms with Gasteiger partial charge in [0.1, 0.15) is 0 Å². The lowest BCUT2D eigenvalue weighted by atomic mass is 9.71. The summed E-state index contributed by atoms with van der Waals surface area (Å²) in [6.07, 6.45) is 17.9. The maximum Gasteiger partial charge on any atom is 0.201 e. The molecule has 2 nitrogen and oxygen atoms in total. The largest absolute Gasteiger partial charge is 0.491 e. The SMILES string of the molecule is C=CCCC1CCC(C2CCC(C3CCC(c4ccc(-c5ccc(OCC)c(F)c5F)cc4)CC3)OC2)CC1. The molecule has 0 radical (unpaired) electrons. The fourth-order valence-electron chi connectivity index (χ4n) is 7.62. The van der Waals surface area contributed by atoms with Crippen LogP contribution in [0, 0.1) is 35.3 Å². The van der Waals surface area contributed by atoms with E-state index < -0.39 is 11.6 Å². The Balaban J connectivity index is 1.08. The number of rotatable bonds is 9. The standard InChI is InChI=1S/C35H46F2O2/c1-3-5-6-24-7-9-27(10-8-24)30-19-21-32(39-23-30)29-17-13-26(14-18-29)25-11-15-28(16-12-25)31-20-22-33(38-4-2)35(37)34(31)36/h3,11-12,15-16,20,22,24,26-27,29-30,32H,1,4-10,13-14,17-19,21,23H2,2H3. The third kappa shape index (κ3) is 6.76. The first-order valence-electron chi connectivity index (χ1n) is 15.5. The Morgan fingerprint density at radius 3 is 2.15 bits per heavy atom. The van der Waals surface area contributed by atoms with Gasteiger partial charge in [-0.15, -0.1) is 6.58 Å². The summed E-state index contributed by atoms with van der Waals surface area (Å²) in [5.74, 6) is 1.97.